The fraction of sp³-hybridized carbons (Fsp3) is 0.323. The van der Waals surface area contributed by atoms with Crippen molar-refractivity contribution in [2.75, 3.05) is 19.5 Å². The molecule has 206 valence electrons. The number of nitrogens with zero attached hydrogens (tertiary/aromatic N) is 1. The van der Waals surface area contributed by atoms with Crippen LogP contribution in [0.4, 0.5) is 5.69 Å². The predicted octanol–water partition coefficient (Wildman–Crippen LogP) is 5.26. The zero-order valence-corrected chi connectivity index (χ0v) is 23.9. The quantitative estimate of drug-likeness (QED) is 0.318. The van der Waals surface area contributed by atoms with Crippen LogP contribution in [0.15, 0.2) is 66.7 Å². The highest BCUT2D eigenvalue weighted by atomic mass is 35.5. The van der Waals surface area contributed by atoms with Gasteiger partial charge < -0.3 is 14.8 Å². The molecule has 0 radical (unpaired) electrons. The van der Waals surface area contributed by atoms with Crippen LogP contribution in [0, 0.1) is 17.8 Å². The number of alkyl halides is 2. The topological polar surface area (TPSA) is 84.9 Å². The number of likely N-dealkylation sites (tertiary alicyclic amines) is 1. The number of hydrogen-bond acceptors (Lipinski definition) is 5. The summed E-state index contributed by atoms with van der Waals surface area (Å²) in [5.41, 5.74) is 3.20. The third kappa shape index (κ3) is 3.34. The average Bonchev–Trinajstić information content (AvgIpc) is 3.22. The van der Waals surface area contributed by atoms with Crippen LogP contribution in [0.3, 0.4) is 0 Å². The van der Waals surface area contributed by atoms with E-state index in [1.807, 2.05) is 48.5 Å². The molecule has 3 aromatic carbocycles. The van der Waals surface area contributed by atoms with Gasteiger partial charge in [-0.25, -0.2) is 0 Å². The second-order valence-corrected chi connectivity index (χ2v) is 12.0. The SMILES string of the molecule is COc1ccc(OC)c(NC(=O)[C@H](C(C)C)N2C(=O)[C@@H]3[C@@H](C2=O)C2(Cl)c4ccccc4C3(Cl)c3ccccc32)c1. The Morgan fingerprint density at radius 3 is 1.70 bits per heavy atom. The highest BCUT2D eigenvalue weighted by Crippen LogP contribution is 2.69. The Hall–Kier alpha value is -3.55. The van der Waals surface area contributed by atoms with E-state index < -0.39 is 51.3 Å². The van der Waals surface area contributed by atoms with Gasteiger partial charge in [-0.15, -0.1) is 23.2 Å². The number of carbonyl (C=O) groups excluding carboxylic acids is 3. The number of imide groups is 1. The summed E-state index contributed by atoms with van der Waals surface area (Å²) < 4.78 is 10.7. The maximum absolute atomic E-state index is 14.4. The van der Waals surface area contributed by atoms with Gasteiger partial charge >= 0.3 is 0 Å². The number of halogens is 2. The van der Waals surface area contributed by atoms with E-state index >= 15 is 0 Å². The minimum absolute atomic E-state index is 0.358. The van der Waals surface area contributed by atoms with Gasteiger partial charge in [0.25, 0.3) is 0 Å². The van der Waals surface area contributed by atoms with E-state index in [1.165, 1.54) is 14.2 Å². The number of hydrogen-bond donors (Lipinski definition) is 1. The number of benzene rings is 3. The Bertz CT molecular complexity index is 1450. The minimum Gasteiger partial charge on any atom is -0.497 e. The highest BCUT2D eigenvalue weighted by molar-refractivity contribution is 6.36. The first-order chi connectivity index (χ1) is 19.1. The van der Waals surface area contributed by atoms with Crippen LogP contribution >= 0.6 is 23.2 Å². The lowest BCUT2D eigenvalue weighted by Gasteiger charge is -2.54. The van der Waals surface area contributed by atoms with Crippen LogP contribution in [-0.4, -0.2) is 42.9 Å². The Balaban J connectivity index is 1.46. The van der Waals surface area contributed by atoms with E-state index in [2.05, 4.69) is 5.32 Å². The molecule has 1 saturated heterocycles. The largest absolute Gasteiger partial charge is 0.497 e. The molecule has 0 aromatic heterocycles. The van der Waals surface area contributed by atoms with Crippen molar-refractivity contribution in [1.29, 1.82) is 0 Å². The van der Waals surface area contributed by atoms with Crippen LogP contribution < -0.4 is 14.8 Å². The molecule has 9 heteroatoms. The lowest BCUT2D eigenvalue weighted by molar-refractivity contribution is -0.148. The number of ether oxygens (including phenoxy) is 2. The average molecular weight is 579 g/mol. The molecule has 0 unspecified atom stereocenters. The molecule has 1 aliphatic heterocycles. The number of amides is 3. The maximum Gasteiger partial charge on any atom is 0.248 e. The summed E-state index contributed by atoms with van der Waals surface area (Å²) in [5, 5.41) is 2.85. The molecule has 40 heavy (non-hydrogen) atoms. The van der Waals surface area contributed by atoms with Gasteiger partial charge in [-0.1, -0.05) is 62.4 Å². The maximum atomic E-state index is 14.4. The molecule has 0 saturated carbocycles. The van der Waals surface area contributed by atoms with Crippen molar-refractivity contribution in [3.8, 4) is 11.5 Å². The molecule has 7 nitrogen and oxygen atoms in total. The third-order valence-electron chi connectivity index (χ3n) is 8.46. The predicted molar refractivity (Wildman–Crippen MR) is 152 cm³/mol. The zero-order valence-electron chi connectivity index (χ0n) is 22.4. The second-order valence-electron chi connectivity index (χ2n) is 10.8. The van der Waals surface area contributed by atoms with Crippen LogP contribution in [0.1, 0.15) is 36.1 Å². The molecular weight excluding hydrogens is 551 g/mol. The van der Waals surface area contributed by atoms with Gasteiger partial charge in [0.1, 0.15) is 27.3 Å². The zero-order chi connectivity index (χ0) is 28.6. The van der Waals surface area contributed by atoms with Gasteiger partial charge in [0.15, 0.2) is 0 Å². The van der Waals surface area contributed by atoms with Crippen LogP contribution in [0.25, 0.3) is 0 Å². The molecule has 3 aromatic rings. The van der Waals surface area contributed by atoms with E-state index in [9.17, 15) is 14.4 Å². The molecule has 3 aliphatic carbocycles. The molecule has 3 atom stereocenters. The molecule has 0 spiro atoms. The van der Waals surface area contributed by atoms with Crippen LogP contribution in [0.5, 0.6) is 11.5 Å². The lowest BCUT2D eigenvalue weighted by Crippen LogP contribution is -2.57. The molecule has 4 aliphatic rings. The molecule has 1 N–H and O–H groups in total. The van der Waals surface area contributed by atoms with Crippen molar-refractivity contribution in [2.45, 2.75) is 29.6 Å². The Morgan fingerprint density at radius 1 is 0.825 bits per heavy atom. The van der Waals surface area contributed by atoms with Gasteiger partial charge in [0.2, 0.25) is 17.7 Å². The summed E-state index contributed by atoms with van der Waals surface area (Å²) in [6.45, 7) is 3.58. The monoisotopic (exact) mass is 578 g/mol. The minimum atomic E-state index is -1.32. The third-order valence-corrected chi connectivity index (χ3v) is 9.75. The van der Waals surface area contributed by atoms with Gasteiger partial charge in [0, 0.05) is 6.07 Å². The number of methoxy groups -OCH3 is 2. The van der Waals surface area contributed by atoms with E-state index in [4.69, 9.17) is 32.7 Å². The lowest BCUT2D eigenvalue weighted by atomic mass is 9.54. The van der Waals surface area contributed by atoms with Gasteiger partial charge in [-0.2, -0.15) is 0 Å². The van der Waals surface area contributed by atoms with E-state index in [0.29, 0.717) is 39.4 Å². The van der Waals surface area contributed by atoms with Crippen molar-refractivity contribution in [1.82, 2.24) is 4.90 Å². The molecule has 1 fully saturated rings. The standard InChI is InChI=1S/C31H28Cl2N2O5/c1-16(2)26(27(36)34-22-15-17(39-3)13-14-23(22)40-4)35-28(37)24-25(29(35)38)31(33)19-10-6-5-9-18(19)30(24,32)20-11-7-8-12-21(20)31/h5-16,24-26H,1-4H3,(H,34,36)/t24-,25-,26-,30?,31?/m0/s1. The molecular formula is C31H28Cl2N2O5. The first-order valence-corrected chi connectivity index (χ1v) is 13.8. The first kappa shape index (κ1) is 26.7. The summed E-state index contributed by atoms with van der Waals surface area (Å²) in [6.07, 6.45) is 0. The van der Waals surface area contributed by atoms with E-state index in [0.717, 1.165) is 4.90 Å². The first-order valence-electron chi connectivity index (χ1n) is 13.1. The van der Waals surface area contributed by atoms with Crippen molar-refractivity contribution < 1.29 is 23.9 Å². The van der Waals surface area contributed by atoms with Gasteiger partial charge in [0.05, 0.1) is 31.7 Å². The summed E-state index contributed by atoms with van der Waals surface area (Å²) >= 11 is 15.0. The second kappa shape index (κ2) is 9.25. The van der Waals surface area contributed by atoms with Crippen molar-refractivity contribution >= 4 is 46.6 Å². The van der Waals surface area contributed by atoms with Gasteiger partial charge in [-0.3, -0.25) is 19.3 Å². The summed E-state index contributed by atoms with van der Waals surface area (Å²) in [4.78, 5) is 41.1. The number of nitrogens with one attached hydrogen (secondary N) is 1. The Labute approximate surface area is 242 Å². The van der Waals surface area contributed by atoms with E-state index in [-0.39, 0.29) is 0 Å². The number of carbonyl (C=O) groups is 3. The number of rotatable bonds is 6. The Kier molecular flexibility index (Phi) is 6.16. The molecule has 1 heterocycles. The fourth-order valence-electron chi connectivity index (χ4n) is 6.80. The van der Waals surface area contributed by atoms with Crippen molar-refractivity contribution in [2.24, 2.45) is 17.8 Å². The fourth-order valence-corrected chi connectivity index (χ4v) is 7.90. The molecule has 2 bridgehead atoms. The highest BCUT2D eigenvalue weighted by Gasteiger charge is 2.73. The Morgan fingerprint density at radius 2 is 1.30 bits per heavy atom. The van der Waals surface area contributed by atoms with E-state index in [1.54, 1.807) is 32.0 Å². The normalized spacial score (nSPS) is 26.7. The van der Waals surface area contributed by atoms with Crippen molar-refractivity contribution in [3.05, 3.63) is 89.0 Å². The summed E-state index contributed by atoms with van der Waals surface area (Å²) in [6, 6.07) is 18.8. The summed E-state index contributed by atoms with van der Waals surface area (Å²) in [7, 11) is 3.00. The van der Waals surface area contributed by atoms with Gasteiger partial charge in [-0.05, 0) is 40.3 Å². The van der Waals surface area contributed by atoms with Crippen LogP contribution in [0.2, 0.25) is 0 Å². The summed E-state index contributed by atoms with van der Waals surface area (Å²) in [5.74, 6) is -3.00. The van der Waals surface area contributed by atoms with Crippen molar-refractivity contribution in [3.63, 3.8) is 0 Å². The molecule has 7 rings (SSSR count). The number of anilines is 1. The smallest absolute Gasteiger partial charge is 0.248 e. The van der Waals surface area contributed by atoms with Crippen LogP contribution in [-0.2, 0) is 24.1 Å². The molecule has 3 amide bonds.